The first-order valence-electron chi connectivity index (χ1n) is 6.87. The molecule has 0 aliphatic rings. The molecule has 0 radical (unpaired) electrons. The number of fused-ring (bicyclic) bond motifs is 1. The maximum atomic E-state index is 10.6. The molecule has 1 heterocycles. The molecule has 0 bridgehead atoms. The van der Waals surface area contributed by atoms with Gasteiger partial charge in [-0.1, -0.05) is 35.6 Å². The fourth-order valence-electron chi connectivity index (χ4n) is 1.79. The van der Waals surface area contributed by atoms with Gasteiger partial charge in [0.2, 0.25) is 0 Å². The Labute approximate surface area is 144 Å². The molecule has 0 saturated heterocycles. The number of rotatable bonds is 3. The van der Waals surface area contributed by atoms with Crippen molar-refractivity contribution in [2.45, 2.75) is 6.18 Å². The van der Waals surface area contributed by atoms with Crippen LogP contribution in [0.1, 0.15) is 0 Å². The Balaban J connectivity index is 0.000000277. The number of carboxylic acid groups (broad SMARTS) is 1. The van der Waals surface area contributed by atoms with Crippen molar-refractivity contribution >= 4 is 38.3 Å². The van der Waals surface area contributed by atoms with Crippen molar-refractivity contribution < 1.29 is 27.8 Å². The highest BCUT2D eigenvalue weighted by Crippen LogP contribution is 2.31. The van der Waals surface area contributed by atoms with Crippen LogP contribution in [0.3, 0.4) is 0 Å². The van der Waals surface area contributed by atoms with Gasteiger partial charge in [0.05, 0.1) is 23.0 Å². The van der Waals surface area contributed by atoms with Crippen molar-refractivity contribution in [3.63, 3.8) is 0 Å². The largest absolute Gasteiger partial charge is 0.495 e. The third-order valence-corrected chi connectivity index (χ3v) is 3.84. The number of nitrogens with one attached hydrogen (secondary N) is 1. The van der Waals surface area contributed by atoms with Gasteiger partial charge in [-0.2, -0.15) is 13.2 Å². The zero-order valence-corrected chi connectivity index (χ0v) is 13.7. The number of carboxylic acids is 1. The summed E-state index contributed by atoms with van der Waals surface area (Å²) in [6, 6.07) is 15.9. The first-order valence-corrected chi connectivity index (χ1v) is 7.68. The fraction of sp³-hybridized carbons (Fsp3) is 0.125. The summed E-state index contributed by atoms with van der Waals surface area (Å²) in [5.41, 5.74) is 1.94. The van der Waals surface area contributed by atoms with Gasteiger partial charge in [0.1, 0.15) is 5.75 Å². The minimum atomic E-state index is -5.08. The van der Waals surface area contributed by atoms with E-state index in [1.54, 1.807) is 18.4 Å². The molecule has 0 spiro atoms. The SMILES string of the molecule is COc1ccccc1Nc1nc2ccccc2s1.O=C(O)C(F)(F)F. The summed E-state index contributed by atoms with van der Waals surface area (Å²) in [5.74, 6) is -1.94. The molecule has 2 N–H and O–H groups in total. The number of aliphatic carboxylic acids is 1. The Kier molecular flexibility index (Phi) is 5.81. The third kappa shape index (κ3) is 5.08. The maximum Gasteiger partial charge on any atom is 0.490 e. The highest BCUT2D eigenvalue weighted by Gasteiger charge is 2.38. The first-order chi connectivity index (χ1) is 11.8. The van der Waals surface area contributed by atoms with Gasteiger partial charge < -0.3 is 15.2 Å². The van der Waals surface area contributed by atoms with Crippen molar-refractivity contribution in [1.82, 2.24) is 4.98 Å². The van der Waals surface area contributed by atoms with E-state index in [-0.39, 0.29) is 0 Å². The third-order valence-electron chi connectivity index (χ3n) is 2.88. The molecule has 0 fully saturated rings. The molecule has 3 aromatic rings. The zero-order valence-electron chi connectivity index (χ0n) is 12.9. The Hall–Kier alpha value is -2.81. The lowest BCUT2D eigenvalue weighted by atomic mass is 10.3. The molecule has 132 valence electrons. The van der Waals surface area contributed by atoms with Gasteiger partial charge in [-0.15, -0.1) is 0 Å². The predicted molar refractivity (Wildman–Crippen MR) is 89.6 cm³/mol. The number of aromatic nitrogens is 1. The number of halogens is 3. The monoisotopic (exact) mass is 370 g/mol. The molecular formula is C16H13F3N2O3S. The number of ether oxygens (including phenoxy) is 1. The van der Waals surface area contributed by atoms with E-state index in [0.717, 1.165) is 22.1 Å². The van der Waals surface area contributed by atoms with Gasteiger partial charge >= 0.3 is 12.1 Å². The van der Waals surface area contributed by atoms with E-state index in [4.69, 9.17) is 14.6 Å². The van der Waals surface area contributed by atoms with Crippen molar-refractivity contribution in [2.24, 2.45) is 0 Å². The zero-order chi connectivity index (χ0) is 18.4. The van der Waals surface area contributed by atoms with Gasteiger partial charge in [0, 0.05) is 0 Å². The quantitative estimate of drug-likeness (QED) is 0.700. The summed E-state index contributed by atoms with van der Waals surface area (Å²) < 4.78 is 38.2. The Morgan fingerprint density at radius 1 is 1.16 bits per heavy atom. The second-order valence-corrected chi connectivity index (χ2v) is 5.65. The molecule has 0 saturated carbocycles. The van der Waals surface area contributed by atoms with E-state index in [2.05, 4.69) is 16.4 Å². The van der Waals surface area contributed by atoms with Crippen LogP contribution in [0.4, 0.5) is 24.0 Å². The summed E-state index contributed by atoms with van der Waals surface area (Å²) >= 11 is 1.63. The van der Waals surface area contributed by atoms with Crippen LogP contribution in [0.25, 0.3) is 10.2 Å². The van der Waals surface area contributed by atoms with Crippen LogP contribution in [0.5, 0.6) is 5.75 Å². The van der Waals surface area contributed by atoms with E-state index >= 15 is 0 Å². The number of hydrogen-bond acceptors (Lipinski definition) is 5. The predicted octanol–water partition coefficient (Wildman–Crippen LogP) is 4.68. The molecule has 5 nitrogen and oxygen atoms in total. The number of nitrogens with zero attached hydrogens (tertiary/aromatic N) is 1. The van der Waals surface area contributed by atoms with Gasteiger partial charge in [-0.3, -0.25) is 0 Å². The van der Waals surface area contributed by atoms with Crippen molar-refractivity contribution in [1.29, 1.82) is 0 Å². The number of para-hydroxylation sites is 3. The lowest BCUT2D eigenvalue weighted by molar-refractivity contribution is -0.192. The first kappa shape index (κ1) is 18.5. The summed E-state index contributed by atoms with van der Waals surface area (Å²) in [6.45, 7) is 0. The van der Waals surface area contributed by atoms with Crippen LogP contribution >= 0.6 is 11.3 Å². The summed E-state index contributed by atoms with van der Waals surface area (Å²) in [5, 5.41) is 11.3. The van der Waals surface area contributed by atoms with E-state index in [1.165, 1.54) is 4.70 Å². The molecule has 3 rings (SSSR count). The minimum Gasteiger partial charge on any atom is -0.495 e. The van der Waals surface area contributed by atoms with Crippen LogP contribution < -0.4 is 10.1 Å². The fourth-order valence-corrected chi connectivity index (χ4v) is 2.67. The van der Waals surface area contributed by atoms with Crippen molar-refractivity contribution in [3.8, 4) is 5.75 Å². The summed E-state index contributed by atoms with van der Waals surface area (Å²) in [4.78, 5) is 13.4. The number of hydrogen-bond donors (Lipinski definition) is 2. The molecule has 0 aliphatic carbocycles. The van der Waals surface area contributed by atoms with E-state index in [0.29, 0.717) is 0 Å². The Morgan fingerprint density at radius 2 is 1.76 bits per heavy atom. The number of alkyl halides is 3. The number of thiazole rings is 1. The normalized spacial score (nSPS) is 10.7. The molecule has 0 atom stereocenters. The van der Waals surface area contributed by atoms with Gasteiger partial charge in [-0.05, 0) is 24.3 Å². The van der Waals surface area contributed by atoms with Crippen LogP contribution in [-0.4, -0.2) is 29.3 Å². The van der Waals surface area contributed by atoms with Crippen LogP contribution in [0.15, 0.2) is 48.5 Å². The van der Waals surface area contributed by atoms with Crippen LogP contribution in [0.2, 0.25) is 0 Å². The second-order valence-electron chi connectivity index (χ2n) is 4.61. The van der Waals surface area contributed by atoms with Crippen LogP contribution in [0, 0.1) is 0 Å². The van der Waals surface area contributed by atoms with Gasteiger partial charge in [0.15, 0.2) is 5.13 Å². The number of methoxy groups -OCH3 is 1. The lowest BCUT2D eigenvalue weighted by Gasteiger charge is -2.07. The lowest BCUT2D eigenvalue weighted by Crippen LogP contribution is -2.21. The van der Waals surface area contributed by atoms with E-state index in [9.17, 15) is 13.2 Å². The highest BCUT2D eigenvalue weighted by atomic mass is 32.1. The standard InChI is InChI=1S/C14H12N2OS.C2HF3O2/c1-17-12-8-4-2-6-10(12)15-14-16-11-7-3-5-9-13(11)18-14;3-2(4,5)1(6)7/h2-9H,1H3,(H,15,16);(H,6,7). The smallest absolute Gasteiger partial charge is 0.490 e. The average Bonchev–Trinajstić information content (AvgIpc) is 2.97. The minimum absolute atomic E-state index is 0.816. The van der Waals surface area contributed by atoms with Crippen molar-refractivity contribution in [2.75, 3.05) is 12.4 Å². The topological polar surface area (TPSA) is 71.5 Å². The molecular weight excluding hydrogens is 357 g/mol. The Bertz CT molecular complexity index is 832. The molecule has 2 aromatic carbocycles. The maximum absolute atomic E-state index is 10.6. The summed E-state index contributed by atoms with van der Waals surface area (Å²) in [6.07, 6.45) is -5.08. The van der Waals surface area contributed by atoms with E-state index in [1.807, 2.05) is 42.5 Å². The highest BCUT2D eigenvalue weighted by molar-refractivity contribution is 7.22. The number of benzene rings is 2. The van der Waals surface area contributed by atoms with E-state index < -0.39 is 12.1 Å². The number of anilines is 2. The molecule has 25 heavy (non-hydrogen) atoms. The van der Waals surface area contributed by atoms with Crippen LogP contribution in [-0.2, 0) is 4.79 Å². The molecule has 1 aromatic heterocycles. The second kappa shape index (κ2) is 7.84. The Morgan fingerprint density at radius 3 is 2.36 bits per heavy atom. The number of carbonyl (C=O) groups is 1. The average molecular weight is 370 g/mol. The summed E-state index contributed by atoms with van der Waals surface area (Å²) in [7, 11) is 1.67. The molecule has 9 heteroatoms. The van der Waals surface area contributed by atoms with Crippen molar-refractivity contribution in [3.05, 3.63) is 48.5 Å². The van der Waals surface area contributed by atoms with Gasteiger partial charge in [-0.25, -0.2) is 9.78 Å². The molecule has 0 amide bonds. The molecule has 0 unspecified atom stereocenters. The van der Waals surface area contributed by atoms with Gasteiger partial charge in [0.25, 0.3) is 0 Å². The molecule has 0 aliphatic heterocycles.